The van der Waals surface area contributed by atoms with Crippen LogP contribution in [0, 0.1) is 0 Å². The number of nitrogens with two attached hydrogens (primary N) is 1. The minimum absolute atomic E-state index is 0.287. The van der Waals surface area contributed by atoms with E-state index in [2.05, 4.69) is 25.9 Å². The maximum absolute atomic E-state index is 5.61. The molecule has 0 unspecified atom stereocenters. The highest BCUT2D eigenvalue weighted by molar-refractivity contribution is 9.10. The lowest BCUT2D eigenvalue weighted by Gasteiger charge is -2.04. The van der Waals surface area contributed by atoms with Crippen LogP contribution in [-0.2, 0) is 0 Å². The van der Waals surface area contributed by atoms with Crippen LogP contribution in [0.15, 0.2) is 47.2 Å². The Morgan fingerprint density at radius 1 is 1.12 bits per heavy atom. The number of anilines is 1. The van der Waals surface area contributed by atoms with Gasteiger partial charge in [0.15, 0.2) is 0 Å². The highest BCUT2D eigenvalue weighted by atomic mass is 79.9. The molecule has 2 heterocycles. The second-order valence-electron chi connectivity index (χ2n) is 3.67. The van der Waals surface area contributed by atoms with Gasteiger partial charge in [0.05, 0.1) is 0 Å². The summed E-state index contributed by atoms with van der Waals surface area (Å²) in [7, 11) is 0. The second kappa shape index (κ2) is 3.85. The number of nitrogen functional groups attached to an aromatic ring is 1. The van der Waals surface area contributed by atoms with Crippen molar-refractivity contribution in [2.24, 2.45) is 0 Å². The van der Waals surface area contributed by atoms with Crippen LogP contribution in [0.25, 0.3) is 16.7 Å². The first-order valence-corrected chi connectivity index (χ1v) is 5.89. The van der Waals surface area contributed by atoms with Gasteiger partial charge in [-0.15, -0.1) is 0 Å². The Labute approximate surface area is 106 Å². The molecule has 0 fully saturated rings. The molecule has 2 aromatic heterocycles. The molecule has 0 saturated carbocycles. The Balaban J connectivity index is 2.23. The van der Waals surface area contributed by atoms with Gasteiger partial charge in [0.25, 0.3) is 0 Å². The molecule has 0 aliphatic heterocycles. The molecule has 3 rings (SSSR count). The van der Waals surface area contributed by atoms with Gasteiger partial charge in [-0.2, -0.15) is 4.98 Å². The molecule has 84 valence electrons. The van der Waals surface area contributed by atoms with Crippen LogP contribution in [0.2, 0.25) is 0 Å². The van der Waals surface area contributed by atoms with Gasteiger partial charge in [0.2, 0.25) is 5.95 Å². The number of hydrogen-bond acceptors (Lipinski definition) is 3. The lowest BCUT2D eigenvalue weighted by Crippen LogP contribution is -1.98. The molecule has 0 bridgehead atoms. The van der Waals surface area contributed by atoms with E-state index in [-0.39, 0.29) is 5.95 Å². The third-order valence-corrected chi connectivity index (χ3v) is 3.08. The van der Waals surface area contributed by atoms with E-state index in [1.165, 1.54) is 0 Å². The summed E-state index contributed by atoms with van der Waals surface area (Å²) in [6.45, 7) is 0. The number of fused-ring (bicyclic) bond motifs is 1. The van der Waals surface area contributed by atoms with Gasteiger partial charge in [-0.3, -0.25) is 0 Å². The van der Waals surface area contributed by atoms with Crippen LogP contribution in [0.5, 0.6) is 0 Å². The van der Waals surface area contributed by atoms with Crippen molar-refractivity contribution in [3.05, 3.63) is 47.2 Å². The second-order valence-corrected chi connectivity index (χ2v) is 4.58. The van der Waals surface area contributed by atoms with Crippen molar-refractivity contribution in [2.45, 2.75) is 0 Å². The topological polar surface area (TPSA) is 56.7 Å². The van der Waals surface area contributed by atoms with Gasteiger partial charge in [0, 0.05) is 27.9 Å². The van der Waals surface area contributed by atoms with Crippen molar-refractivity contribution < 1.29 is 0 Å². The van der Waals surface area contributed by atoms with Crippen LogP contribution in [-0.4, -0.2) is 14.5 Å². The number of hydrogen-bond donors (Lipinski definition) is 1. The summed E-state index contributed by atoms with van der Waals surface area (Å²) in [5.41, 5.74) is 7.47. The van der Waals surface area contributed by atoms with E-state index in [4.69, 9.17) is 5.73 Å². The Hall–Kier alpha value is -1.88. The van der Waals surface area contributed by atoms with Crippen LogP contribution in [0.4, 0.5) is 5.95 Å². The van der Waals surface area contributed by atoms with Gasteiger partial charge in [-0.1, -0.05) is 15.9 Å². The molecular weight excluding hydrogens is 280 g/mol. The van der Waals surface area contributed by atoms with Crippen molar-refractivity contribution in [3.8, 4) is 5.69 Å². The summed E-state index contributed by atoms with van der Waals surface area (Å²) in [4.78, 5) is 8.23. The van der Waals surface area contributed by atoms with E-state index in [1.54, 1.807) is 6.20 Å². The van der Waals surface area contributed by atoms with Crippen LogP contribution >= 0.6 is 15.9 Å². The van der Waals surface area contributed by atoms with E-state index < -0.39 is 0 Å². The van der Waals surface area contributed by atoms with Gasteiger partial charge in [0.1, 0.15) is 5.65 Å². The molecule has 2 N–H and O–H groups in total. The standard InChI is InChI=1S/C12H9BrN4/c13-9-1-3-10(4-2-9)17-6-5-8-7-15-12(14)16-11(8)17/h1-7H,(H2,14,15,16). The highest BCUT2D eigenvalue weighted by Crippen LogP contribution is 2.20. The normalized spacial score (nSPS) is 10.9. The SMILES string of the molecule is Nc1ncc2ccn(-c3ccc(Br)cc3)c2n1. The Bertz CT molecular complexity index is 673. The van der Waals surface area contributed by atoms with Crippen LogP contribution < -0.4 is 5.73 Å². The Morgan fingerprint density at radius 3 is 2.65 bits per heavy atom. The summed E-state index contributed by atoms with van der Waals surface area (Å²) >= 11 is 3.42. The maximum atomic E-state index is 5.61. The number of benzene rings is 1. The Morgan fingerprint density at radius 2 is 1.88 bits per heavy atom. The number of aromatic nitrogens is 3. The third-order valence-electron chi connectivity index (χ3n) is 2.55. The first kappa shape index (κ1) is 10.3. The zero-order valence-corrected chi connectivity index (χ0v) is 10.4. The minimum atomic E-state index is 0.287. The summed E-state index contributed by atoms with van der Waals surface area (Å²) in [5.74, 6) is 0.287. The van der Waals surface area contributed by atoms with Crippen molar-refractivity contribution >= 4 is 32.9 Å². The first-order chi connectivity index (χ1) is 8.24. The van der Waals surface area contributed by atoms with E-state index in [0.29, 0.717) is 0 Å². The zero-order valence-electron chi connectivity index (χ0n) is 8.84. The summed E-state index contributed by atoms with van der Waals surface area (Å²) < 4.78 is 3.03. The smallest absolute Gasteiger partial charge is 0.221 e. The van der Waals surface area contributed by atoms with Crippen molar-refractivity contribution in [2.75, 3.05) is 5.73 Å². The van der Waals surface area contributed by atoms with Crippen LogP contribution in [0.3, 0.4) is 0 Å². The van der Waals surface area contributed by atoms with Crippen molar-refractivity contribution in [1.29, 1.82) is 0 Å². The molecule has 0 saturated heterocycles. The lowest BCUT2D eigenvalue weighted by atomic mass is 10.3. The van der Waals surface area contributed by atoms with Crippen molar-refractivity contribution in [3.63, 3.8) is 0 Å². The molecule has 0 aliphatic carbocycles. The van der Waals surface area contributed by atoms with E-state index >= 15 is 0 Å². The predicted octanol–water partition coefficient (Wildman–Crippen LogP) is 2.77. The number of rotatable bonds is 1. The summed E-state index contributed by atoms with van der Waals surface area (Å²) in [6.07, 6.45) is 3.69. The molecule has 0 aliphatic rings. The average Bonchev–Trinajstić information content (AvgIpc) is 2.73. The fourth-order valence-electron chi connectivity index (χ4n) is 1.74. The fraction of sp³-hybridized carbons (Fsp3) is 0. The lowest BCUT2D eigenvalue weighted by molar-refractivity contribution is 1.08. The maximum Gasteiger partial charge on any atom is 0.221 e. The number of halogens is 1. The average molecular weight is 289 g/mol. The highest BCUT2D eigenvalue weighted by Gasteiger charge is 2.05. The van der Waals surface area contributed by atoms with E-state index in [9.17, 15) is 0 Å². The zero-order chi connectivity index (χ0) is 11.8. The quantitative estimate of drug-likeness (QED) is 0.749. The molecule has 3 aromatic rings. The first-order valence-electron chi connectivity index (χ1n) is 5.09. The fourth-order valence-corrected chi connectivity index (χ4v) is 2.01. The molecule has 0 spiro atoms. The van der Waals surface area contributed by atoms with E-state index in [1.807, 2.05) is 41.1 Å². The third kappa shape index (κ3) is 1.78. The molecular formula is C12H9BrN4. The van der Waals surface area contributed by atoms with Gasteiger partial charge < -0.3 is 10.3 Å². The van der Waals surface area contributed by atoms with Crippen molar-refractivity contribution in [1.82, 2.24) is 14.5 Å². The summed E-state index contributed by atoms with van der Waals surface area (Å²) in [5, 5.41) is 0.974. The molecule has 0 radical (unpaired) electrons. The number of nitrogens with zero attached hydrogens (tertiary/aromatic N) is 3. The predicted molar refractivity (Wildman–Crippen MR) is 71.0 cm³/mol. The molecule has 1 aromatic carbocycles. The molecule has 5 heteroatoms. The van der Waals surface area contributed by atoms with E-state index in [0.717, 1.165) is 21.2 Å². The van der Waals surface area contributed by atoms with Gasteiger partial charge in [-0.05, 0) is 30.3 Å². The molecule has 4 nitrogen and oxygen atoms in total. The molecule has 0 amide bonds. The monoisotopic (exact) mass is 288 g/mol. The Kier molecular flexibility index (Phi) is 2.33. The molecule has 17 heavy (non-hydrogen) atoms. The van der Waals surface area contributed by atoms with Gasteiger partial charge >= 0.3 is 0 Å². The van der Waals surface area contributed by atoms with Gasteiger partial charge in [-0.25, -0.2) is 4.98 Å². The minimum Gasteiger partial charge on any atom is -0.368 e. The van der Waals surface area contributed by atoms with Crippen LogP contribution in [0.1, 0.15) is 0 Å². The summed E-state index contributed by atoms with van der Waals surface area (Å²) in [6, 6.07) is 9.98. The molecule has 0 atom stereocenters. The largest absolute Gasteiger partial charge is 0.368 e.